The SMILES string of the molecule is CC1=CCCC(OC(F)(F)F)C1. The summed E-state index contributed by atoms with van der Waals surface area (Å²) in [6.07, 6.45) is -1.64. The van der Waals surface area contributed by atoms with Crippen molar-refractivity contribution in [2.75, 3.05) is 0 Å². The number of ether oxygens (including phenoxy) is 1. The number of hydrogen-bond donors (Lipinski definition) is 0. The van der Waals surface area contributed by atoms with Gasteiger partial charge in [-0.2, -0.15) is 0 Å². The maximum absolute atomic E-state index is 11.7. The summed E-state index contributed by atoms with van der Waals surface area (Å²) in [4.78, 5) is 0. The molecule has 12 heavy (non-hydrogen) atoms. The summed E-state index contributed by atoms with van der Waals surface area (Å²) in [6, 6.07) is 0. The molecule has 0 aromatic heterocycles. The monoisotopic (exact) mass is 180 g/mol. The fourth-order valence-electron chi connectivity index (χ4n) is 1.35. The third kappa shape index (κ3) is 3.26. The number of alkyl halides is 3. The van der Waals surface area contributed by atoms with Gasteiger partial charge in [0.1, 0.15) is 0 Å². The summed E-state index contributed by atoms with van der Waals surface area (Å²) < 4.78 is 39.1. The lowest BCUT2D eigenvalue weighted by Gasteiger charge is -2.22. The van der Waals surface area contributed by atoms with E-state index in [4.69, 9.17) is 0 Å². The van der Waals surface area contributed by atoms with Crippen LogP contribution in [-0.4, -0.2) is 12.5 Å². The summed E-state index contributed by atoms with van der Waals surface area (Å²) in [5, 5.41) is 0. The molecule has 0 saturated heterocycles. The van der Waals surface area contributed by atoms with Crippen molar-refractivity contribution >= 4 is 0 Å². The van der Waals surface area contributed by atoms with Crippen LogP contribution in [0, 0.1) is 0 Å². The van der Waals surface area contributed by atoms with Crippen LogP contribution in [0.25, 0.3) is 0 Å². The molecule has 0 amide bonds. The number of halogens is 3. The van der Waals surface area contributed by atoms with E-state index in [-0.39, 0.29) is 0 Å². The van der Waals surface area contributed by atoms with Gasteiger partial charge in [0.2, 0.25) is 0 Å². The van der Waals surface area contributed by atoms with E-state index in [1.54, 1.807) is 0 Å². The van der Waals surface area contributed by atoms with Crippen molar-refractivity contribution in [3.05, 3.63) is 11.6 Å². The van der Waals surface area contributed by atoms with Crippen LogP contribution in [0.15, 0.2) is 11.6 Å². The zero-order valence-corrected chi connectivity index (χ0v) is 6.82. The summed E-state index contributed by atoms with van der Waals surface area (Å²) in [6.45, 7) is 1.83. The fraction of sp³-hybridized carbons (Fsp3) is 0.750. The Morgan fingerprint density at radius 3 is 2.67 bits per heavy atom. The summed E-state index contributed by atoms with van der Waals surface area (Å²) >= 11 is 0. The molecule has 70 valence electrons. The Morgan fingerprint density at radius 2 is 2.17 bits per heavy atom. The average Bonchev–Trinajstić information content (AvgIpc) is 1.82. The molecule has 1 aliphatic carbocycles. The summed E-state index contributed by atoms with van der Waals surface area (Å²) in [5.41, 5.74) is 0.982. The normalized spacial score (nSPS) is 25.3. The zero-order valence-electron chi connectivity index (χ0n) is 6.82. The average molecular weight is 180 g/mol. The first-order chi connectivity index (χ1) is 5.47. The molecule has 0 spiro atoms. The van der Waals surface area contributed by atoms with Crippen LogP contribution >= 0.6 is 0 Å². The molecular weight excluding hydrogens is 169 g/mol. The number of hydrogen-bond acceptors (Lipinski definition) is 1. The molecule has 0 heterocycles. The van der Waals surface area contributed by atoms with E-state index in [2.05, 4.69) is 4.74 Å². The largest absolute Gasteiger partial charge is 0.522 e. The molecule has 0 bridgehead atoms. The van der Waals surface area contributed by atoms with Gasteiger partial charge in [-0.15, -0.1) is 13.2 Å². The van der Waals surface area contributed by atoms with Crippen LogP contribution in [0.3, 0.4) is 0 Å². The number of allylic oxidation sites excluding steroid dienone is 1. The van der Waals surface area contributed by atoms with E-state index in [0.29, 0.717) is 19.3 Å². The minimum absolute atomic E-state index is 0.402. The summed E-state index contributed by atoms with van der Waals surface area (Å²) in [7, 11) is 0. The van der Waals surface area contributed by atoms with Crippen LogP contribution in [0.2, 0.25) is 0 Å². The maximum Gasteiger partial charge on any atom is 0.522 e. The van der Waals surface area contributed by atoms with Gasteiger partial charge in [0.15, 0.2) is 0 Å². The molecule has 0 radical (unpaired) electrons. The highest BCUT2D eigenvalue weighted by atomic mass is 19.4. The molecular formula is C8H11F3O. The first kappa shape index (κ1) is 9.58. The van der Waals surface area contributed by atoms with Gasteiger partial charge in [0, 0.05) is 0 Å². The topological polar surface area (TPSA) is 9.23 Å². The van der Waals surface area contributed by atoms with Gasteiger partial charge in [-0.05, 0) is 26.2 Å². The Kier molecular flexibility index (Phi) is 2.77. The second kappa shape index (κ2) is 3.47. The second-order valence-electron chi connectivity index (χ2n) is 3.02. The van der Waals surface area contributed by atoms with Crippen LogP contribution in [-0.2, 0) is 4.74 Å². The fourth-order valence-corrected chi connectivity index (χ4v) is 1.35. The van der Waals surface area contributed by atoms with Crippen LogP contribution in [0.5, 0.6) is 0 Å². The Hall–Kier alpha value is -0.510. The van der Waals surface area contributed by atoms with Crippen molar-refractivity contribution in [1.82, 2.24) is 0 Å². The van der Waals surface area contributed by atoms with Crippen molar-refractivity contribution in [2.24, 2.45) is 0 Å². The van der Waals surface area contributed by atoms with Crippen LogP contribution in [0.4, 0.5) is 13.2 Å². The molecule has 0 saturated carbocycles. The van der Waals surface area contributed by atoms with E-state index < -0.39 is 12.5 Å². The molecule has 0 fully saturated rings. The maximum atomic E-state index is 11.7. The standard InChI is InChI=1S/C8H11F3O/c1-6-3-2-4-7(5-6)12-8(9,10)11/h3,7H,2,4-5H2,1H3. The van der Waals surface area contributed by atoms with Gasteiger partial charge in [-0.25, -0.2) is 0 Å². The van der Waals surface area contributed by atoms with Crippen molar-refractivity contribution in [2.45, 2.75) is 38.7 Å². The van der Waals surface area contributed by atoms with Crippen LogP contribution < -0.4 is 0 Å². The van der Waals surface area contributed by atoms with Crippen LogP contribution in [0.1, 0.15) is 26.2 Å². The highest BCUT2D eigenvalue weighted by molar-refractivity contribution is 5.03. The Morgan fingerprint density at radius 1 is 1.50 bits per heavy atom. The first-order valence-electron chi connectivity index (χ1n) is 3.87. The van der Waals surface area contributed by atoms with E-state index in [0.717, 1.165) is 5.57 Å². The smallest absolute Gasteiger partial charge is 0.288 e. The predicted octanol–water partition coefficient (Wildman–Crippen LogP) is 3.02. The lowest BCUT2D eigenvalue weighted by Crippen LogP contribution is -2.25. The zero-order chi connectivity index (χ0) is 9.19. The van der Waals surface area contributed by atoms with Gasteiger partial charge in [-0.3, -0.25) is 4.74 Å². The number of rotatable bonds is 1. The molecule has 0 aromatic rings. The lowest BCUT2D eigenvalue weighted by molar-refractivity contribution is -0.343. The molecule has 1 nitrogen and oxygen atoms in total. The minimum Gasteiger partial charge on any atom is -0.288 e. The molecule has 4 heteroatoms. The highest BCUT2D eigenvalue weighted by Crippen LogP contribution is 2.27. The van der Waals surface area contributed by atoms with E-state index in [1.807, 2.05) is 13.0 Å². The van der Waals surface area contributed by atoms with E-state index in [9.17, 15) is 13.2 Å². The molecule has 1 rings (SSSR count). The first-order valence-corrected chi connectivity index (χ1v) is 3.87. The van der Waals surface area contributed by atoms with Crippen molar-refractivity contribution in [3.8, 4) is 0 Å². The Bertz CT molecular complexity index is 183. The van der Waals surface area contributed by atoms with Gasteiger partial charge in [0.05, 0.1) is 6.10 Å². The predicted molar refractivity (Wildman–Crippen MR) is 38.5 cm³/mol. The van der Waals surface area contributed by atoms with E-state index >= 15 is 0 Å². The molecule has 0 aliphatic heterocycles. The summed E-state index contributed by atoms with van der Waals surface area (Å²) in [5.74, 6) is 0. The molecule has 0 aromatic carbocycles. The van der Waals surface area contributed by atoms with E-state index in [1.165, 1.54) is 0 Å². The minimum atomic E-state index is -4.48. The molecule has 1 aliphatic rings. The highest BCUT2D eigenvalue weighted by Gasteiger charge is 2.33. The Labute approximate surface area is 69.2 Å². The Balaban J connectivity index is 2.40. The third-order valence-electron chi connectivity index (χ3n) is 1.83. The van der Waals surface area contributed by atoms with Gasteiger partial charge in [0.25, 0.3) is 0 Å². The van der Waals surface area contributed by atoms with Crippen molar-refractivity contribution < 1.29 is 17.9 Å². The molecule has 0 N–H and O–H groups in total. The second-order valence-corrected chi connectivity index (χ2v) is 3.02. The molecule has 1 unspecified atom stereocenters. The van der Waals surface area contributed by atoms with Gasteiger partial charge in [-0.1, -0.05) is 11.6 Å². The third-order valence-corrected chi connectivity index (χ3v) is 1.83. The lowest BCUT2D eigenvalue weighted by atomic mass is 9.98. The van der Waals surface area contributed by atoms with Crippen molar-refractivity contribution in [1.29, 1.82) is 0 Å². The van der Waals surface area contributed by atoms with Gasteiger partial charge >= 0.3 is 6.36 Å². The van der Waals surface area contributed by atoms with Gasteiger partial charge < -0.3 is 0 Å². The van der Waals surface area contributed by atoms with Crippen molar-refractivity contribution in [3.63, 3.8) is 0 Å². The molecule has 1 atom stereocenters. The quantitative estimate of drug-likeness (QED) is 0.563.